The molecule has 154 valence electrons. The fraction of sp³-hybridized carbons (Fsp3) is 0.227. The number of para-hydroxylation sites is 2. The third-order valence-electron chi connectivity index (χ3n) is 5.15. The monoisotopic (exact) mass is 404 g/mol. The van der Waals surface area contributed by atoms with Crippen molar-refractivity contribution in [1.29, 1.82) is 0 Å². The van der Waals surface area contributed by atoms with Crippen LogP contribution >= 0.6 is 0 Å². The summed E-state index contributed by atoms with van der Waals surface area (Å²) in [5, 5.41) is 3.16. The first kappa shape index (κ1) is 19.5. The Labute approximate surface area is 175 Å². The molecule has 2 heterocycles. The quantitative estimate of drug-likeness (QED) is 0.627. The Morgan fingerprint density at radius 3 is 2.37 bits per heavy atom. The molecule has 0 unspecified atom stereocenters. The zero-order chi connectivity index (χ0) is 20.9. The van der Waals surface area contributed by atoms with Gasteiger partial charge in [-0.3, -0.25) is 0 Å². The molecule has 4 rings (SSSR count). The Bertz CT molecular complexity index is 1020. The van der Waals surface area contributed by atoms with Gasteiger partial charge in [-0.05, 0) is 24.3 Å². The number of carbonyl (C=O) groups excluding carboxylic acids is 1. The second kappa shape index (κ2) is 8.69. The van der Waals surface area contributed by atoms with Gasteiger partial charge < -0.3 is 25.6 Å². The van der Waals surface area contributed by atoms with Crippen molar-refractivity contribution in [2.45, 2.75) is 0 Å². The molecule has 1 fully saturated rings. The van der Waals surface area contributed by atoms with Crippen LogP contribution in [0.5, 0.6) is 0 Å². The summed E-state index contributed by atoms with van der Waals surface area (Å²) in [6.45, 7) is 3.35. The maximum Gasteiger partial charge on any atom is 0.339 e. The topological polar surface area (TPSA) is 96.6 Å². The van der Waals surface area contributed by atoms with Gasteiger partial charge in [-0.2, -0.15) is 0 Å². The summed E-state index contributed by atoms with van der Waals surface area (Å²) in [5.74, 6) is 0.723. The van der Waals surface area contributed by atoms with E-state index in [1.165, 1.54) is 19.1 Å². The minimum Gasteiger partial charge on any atom is -0.465 e. The summed E-state index contributed by atoms with van der Waals surface area (Å²) in [7, 11) is 1.35. The second-order valence-electron chi connectivity index (χ2n) is 6.93. The molecule has 1 aliphatic rings. The van der Waals surface area contributed by atoms with E-state index in [-0.39, 0.29) is 0 Å². The molecule has 0 amide bonds. The van der Waals surface area contributed by atoms with E-state index in [1.54, 1.807) is 18.2 Å². The minimum absolute atomic E-state index is 0.413. The number of aromatic nitrogens is 2. The zero-order valence-electron chi connectivity index (χ0n) is 16.8. The predicted molar refractivity (Wildman–Crippen MR) is 118 cm³/mol. The number of nitrogens with one attached hydrogen (secondary N) is 1. The fourth-order valence-electron chi connectivity index (χ4n) is 3.56. The van der Waals surface area contributed by atoms with Crippen LogP contribution in [0.4, 0.5) is 28.7 Å². The van der Waals surface area contributed by atoms with Crippen LogP contribution < -0.4 is 20.9 Å². The maximum absolute atomic E-state index is 12.0. The lowest BCUT2D eigenvalue weighted by Crippen LogP contribution is -2.47. The molecule has 3 N–H and O–H groups in total. The molecule has 8 heteroatoms. The first-order valence-electron chi connectivity index (χ1n) is 9.77. The van der Waals surface area contributed by atoms with Gasteiger partial charge in [0.05, 0.1) is 18.4 Å². The second-order valence-corrected chi connectivity index (χ2v) is 6.93. The SMILES string of the molecule is COC(=O)c1ccccc1Nc1ncnc(N2CCN(c3ccccc3)CC2)c1N. The maximum atomic E-state index is 12.0. The number of benzene rings is 2. The molecule has 1 aliphatic heterocycles. The van der Waals surface area contributed by atoms with Crippen LogP contribution in [0.3, 0.4) is 0 Å². The van der Waals surface area contributed by atoms with Crippen LogP contribution in [-0.2, 0) is 4.74 Å². The van der Waals surface area contributed by atoms with E-state index >= 15 is 0 Å². The van der Waals surface area contributed by atoms with E-state index in [1.807, 2.05) is 24.3 Å². The highest BCUT2D eigenvalue weighted by Gasteiger charge is 2.22. The number of ether oxygens (including phenoxy) is 1. The van der Waals surface area contributed by atoms with Gasteiger partial charge in [-0.1, -0.05) is 30.3 Å². The smallest absolute Gasteiger partial charge is 0.339 e. The minimum atomic E-state index is -0.428. The Hall–Kier alpha value is -3.81. The number of anilines is 5. The largest absolute Gasteiger partial charge is 0.465 e. The van der Waals surface area contributed by atoms with Gasteiger partial charge in [0.15, 0.2) is 11.6 Å². The van der Waals surface area contributed by atoms with Crippen molar-refractivity contribution in [3.8, 4) is 0 Å². The Balaban J connectivity index is 1.51. The standard InChI is InChI=1S/C22H24N6O2/c1-30-22(29)17-9-5-6-10-18(17)26-20-19(23)21(25-15-24-20)28-13-11-27(12-14-28)16-7-3-2-4-8-16/h2-10,15H,11-14,23H2,1H3,(H,24,25,26). The number of nitrogens with zero attached hydrogens (tertiary/aromatic N) is 4. The molecule has 30 heavy (non-hydrogen) atoms. The Morgan fingerprint density at radius 1 is 0.967 bits per heavy atom. The molecular weight excluding hydrogens is 380 g/mol. The van der Waals surface area contributed by atoms with Crippen LogP contribution in [0, 0.1) is 0 Å². The van der Waals surface area contributed by atoms with E-state index in [2.05, 4.69) is 37.2 Å². The predicted octanol–water partition coefficient (Wildman–Crippen LogP) is 2.92. The van der Waals surface area contributed by atoms with Crippen LogP contribution in [0.2, 0.25) is 0 Å². The van der Waals surface area contributed by atoms with Crippen LogP contribution in [-0.4, -0.2) is 49.2 Å². The van der Waals surface area contributed by atoms with E-state index < -0.39 is 5.97 Å². The number of nitrogen functional groups attached to an aromatic ring is 1. The first-order valence-corrected chi connectivity index (χ1v) is 9.77. The van der Waals surface area contributed by atoms with E-state index in [4.69, 9.17) is 10.5 Å². The van der Waals surface area contributed by atoms with Crippen molar-refractivity contribution in [2.24, 2.45) is 0 Å². The molecule has 2 aromatic carbocycles. The van der Waals surface area contributed by atoms with Gasteiger partial charge in [0.25, 0.3) is 0 Å². The third-order valence-corrected chi connectivity index (χ3v) is 5.15. The summed E-state index contributed by atoms with van der Waals surface area (Å²) in [6, 6.07) is 17.4. The van der Waals surface area contributed by atoms with Crippen molar-refractivity contribution in [3.05, 3.63) is 66.5 Å². The summed E-state index contributed by atoms with van der Waals surface area (Å²) < 4.78 is 4.85. The zero-order valence-corrected chi connectivity index (χ0v) is 16.8. The molecule has 1 aromatic heterocycles. The number of nitrogens with two attached hydrogens (primary N) is 1. The number of hydrogen-bond acceptors (Lipinski definition) is 8. The summed E-state index contributed by atoms with van der Waals surface area (Å²) in [4.78, 5) is 25.2. The van der Waals surface area contributed by atoms with E-state index in [0.29, 0.717) is 28.6 Å². The van der Waals surface area contributed by atoms with Gasteiger partial charge >= 0.3 is 5.97 Å². The normalized spacial score (nSPS) is 13.8. The van der Waals surface area contributed by atoms with Crippen molar-refractivity contribution in [1.82, 2.24) is 9.97 Å². The van der Waals surface area contributed by atoms with Crippen molar-refractivity contribution >= 4 is 34.7 Å². The molecule has 1 saturated heterocycles. The summed E-state index contributed by atoms with van der Waals surface area (Å²) >= 11 is 0. The molecule has 0 radical (unpaired) electrons. The summed E-state index contributed by atoms with van der Waals surface area (Å²) in [5.41, 5.74) is 9.07. The van der Waals surface area contributed by atoms with Gasteiger partial charge in [-0.25, -0.2) is 14.8 Å². The molecule has 0 atom stereocenters. The molecule has 0 bridgehead atoms. The lowest BCUT2D eigenvalue weighted by atomic mass is 10.1. The van der Waals surface area contributed by atoms with Gasteiger partial charge in [0, 0.05) is 31.9 Å². The van der Waals surface area contributed by atoms with Crippen LogP contribution in [0.1, 0.15) is 10.4 Å². The molecule has 3 aromatic rings. The number of piperazine rings is 1. The number of carbonyl (C=O) groups is 1. The summed E-state index contributed by atoms with van der Waals surface area (Å²) in [6.07, 6.45) is 1.48. The Kier molecular flexibility index (Phi) is 5.65. The van der Waals surface area contributed by atoms with Crippen LogP contribution in [0.25, 0.3) is 0 Å². The third kappa shape index (κ3) is 3.98. The van der Waals surface area contributed by atoms with E-state index in [9.17, 15) is 4.79 Å². The molecular formula is C22H24N6O2. The van der Waals surface area contributed by atoms with E-state index in [0.717, 1.165) is 26.2 Å². The van der Waals surface area contributed by atoms with Crippen LogP contribution in [0.15, 0.2) is 60.9 Å². The number of methoxy groups -OCH3 is 1. The molecule has 0 aliphatic carbocycles. The number of hydrogen-bond donors (Lipinski definition) is 2. The molecule has 0 spiro atoms. The number of rotatable bonds is 5. The van der Waals surface area contributed by atoms with Gasteiger partial charge in [0.2, 0.25) is 0 Å². The Morgan fingerprint density at radius 2 is 1.63 bits per heavy atom. The highest BCUT2D eigenvalue weighted by Crippen LogP contribution is 2.30. The van der Waals surface area contributed by atoms with Gasteiger partial charge in [0.1, 0.15) is 12.0 Å². The first-order chi connectivity index (χ1) is 14.7. The van der Waals surface area contributed by atoms with Crippen molar-refractivity contribution in [2.75, 3.05) is 54.1 Å². The van der Waals surface area contributed by atoms with Crippen molar-refractivity contribution in [3.63, 3.8) is 0 Å². The number of esters is 1. The average Bonchev–Trinajstić information content (AvgIpc) is 2.81. The molecule has 8 nitrogen and oxygen atoms in total. The van der Waals surface area contributed by atoms with Gasteiger partial charge in [-0.15, -0.1) is 0 Å². The lowest BCUT2D eigenvalue weighted by molar-refractivity contribution is 0.0602. The molecule has 0 saturated carbocycles. The average molecular weight is 404 g/mol. The highest BCUT2D eigenvalue weighted by molar-refractivity contribution is 5.97. The van der Waals surface area contributed by atoms with Crippen molar-refractivity contribution < 1.29 is 9.53 Å². The highest BCUT2D eigenvalue weighted by atomic mass is 16.5. The fourth-order valence-corrected chi connectivity index (χ4v) is 3.56. The lowest BCUT2D eigenvalue weighted by Gasteiger charge is -2.37.